The van der Waals surface area contributed by atoms with E-state index in [1.807, 2.05) is 31.2 Å². The Morgan fingerprint density at radius 1 is 1.50 bits per heavy atom. The number of hydrogen-bond donors (Lipinski definition) is 1. The molecule has 0 saturated carbocycles. The van der Waals surface area contributed by atoms with Crippen LogP contribution >= 0.6 is 0 Å². The molecule has 20 heavy (non-hydrogen) atoms. The van der Waals surface area contributed by atoms with Crippen molar-refractivity contribution in [3.8, 4) is 5.75 Å². The van der Waals surface area contributed by atoms with Gasteiger partial charge in [-0.05, 0) is 13.0 Å². The fourth-order valence-electron chi connectivity index (χ4n) is 2.23. The van der Waals surface area contributed by atoms with Gasteiger partial charge in [-0.15, -0.1) is 0 Å². The lowest BCUT2D eigenvalue weighted by Gasteiger charge is -2.27. The first-order valence-electron chi connectivity index (χ1n) is 7.00. The van der Waals surface area contributed by atoms with Crippen molar-refractivity contribution >= 4 is 5.91 Å². The molecule has 0 unspecified atom stereocenters. The third-order valence-electron chi connectivity index (χ3n) is 3.26. The summed E-state index contributed by atoms with van der Waals surface area (Å²) in [4.78, 5) is 14.0. The third-order valence-corrected chi connectivity index (χ3v) is 3.26. The van der Waals surface area contributed by atoms with Gasteiger partial charge in [-0.1, -0.05) is 18.2 Å². The van der Waals surface area contributed by atoms with E-state index in [-0.39, 0.29) is 12.0 Å². The number of carbonyl (C=O) groups excluding carboxylic acids is 1. The number of hydrogen-bond acceptors (Lipinski definition) is 4. The summed E-state index contributed by atoms with van der Waals surface area (Å²) in [6, 6.07) is 7.80. The first-order valence-corrected chi connectivity index (χ1v) is 7.00. The number of ether oxygens (including phenoxy) is 2. The van der Waals surface area contributed by atoms with Gasteiger partial charge in [-0.3, -0.25) is 4.79 Å². The fourth-order valence-corrected chi connectivity index (χ4v) is 2.23. The fraction of sp³-hybridized carbons (Fsp3) is 0.533. The summed E-state index contributed by atoms with van der Waals surface area (Å²) in [6.07, 6.45) is -0.381. The zero-order valence-electron chi connectivity index (χ0n) is 12.1. The molecule has 1 aliphatic rings. The van der Waals surface area contributed by atoms with Crippen LogP contribution in [0.5, 0.6) is 5.75 Å². The number of nitrogens with zero attached hydrogens (tertiary/aromatic N) is 1. The quantitative estimate of drug-likeness (QED) is 0.874. The van der Waals surface area contributed by atoms with Crippen LogP contribution in [0.4, 0.5) is 0 Å². The molecular formula is C15H22N2O3. The molecule has 5 nitrogen and oxygen atoms in total. The molecule has 0 radical (unpaired) electrons. The number of rotatable bonds is 5. The van der Waals surface area contributed by atoms with Crippen LogP contribution in [0.25, 0.3) is 0 Å². The summed E-state index contributed by atoms with van der Waals surface area (Å²) in [6.45, 7) is 5.06. The second kappa shape index (κ2) is 7.26. The number of amides is 1. The minimum Gasteiger partial charge on any atom is -0.494 e. The van der Waals surface area contributed by atoms with Crippen molar-refractivity contribution in [3.05, 3.63) is 29.8 Å². The molecule has 1 aromatic rings. The van der Waals surface area contributed by atoms with Gasteiger partial charge < -0.3 is 19.7 Å². The lowest BCUT2D eigenvalue weighted by atomic mass is 10.1. The summed E-state index contributed by atoms with van der Waals surface area (Å²) in [7, 11) is 1.79. The van der Waals surface area contributed by atoms with E-state index >= 15 is 0 Å². The average Bonchev–Trinajstić information content (AvgIpc) is 2.49. The molecule has 0 aromatic heterocycles. The van der Waals surface area contributed by atoms with E-state index in [0.717, 1.165) is 17.9 Å². The lowest BCUT2D eigenvalue weighted by molar-refractivity contribution is -0.144. The Morgan fingerprint density at radius 3 is 3.00 bits per heavy atom. The topological polar surface area (TPSA) is 50.8 Å². The first kappa shape index (κ1) is 14.8. The van der Waals surface area contributed by atoms with E-state index in [1.54, 1.807) is 11.9 Å². The highest BCUT2D eigenvalue weighted by Crippen LogP contribution is 2.19. The van der Waals surface area contributed by atoms with Crippen LogP contribution in [0.15, 0.2) is 24.3 Å². The van der Waals surface area contributed by atoms with Crippen molar-refractivity contribution in [2.24, 2.45) is 0 Å². The Kier molecular flexibility index (Phi) is 5.38. The molecule has 1 fully saturated rings. The Labute approximate surface area is 119 Å². The minimum absolute atomic E-state index is 0.00324. The first-order chi connectivity index (χ1) is 9.72. The second-order valence-electron chi connectivity index (χ2n) is 4.80. The van der Waals surface area contributed by atoms with Crippen molar-refractivity contribution in [1.29, 1.82) is 0 Å². The van der Waals surface area contributed by atoms with E-state index in [4.69, 9.17) is 9.47 Å². The lowest BCUT2D eigenvalue weighted by Crippen LogP contribution is -2.48. The smallest absolute Gasteiger partial charge is 0.253 e. The Hall–Kier alpha value is -1.59. The van der Waals surface area contributed by atoms with Crippen LogP contribution in [0, 0.1) is 0 Å². The Bertz CT molecular complexity index is 444. The second-order valence-corrected chi connectivity index (χ2v) is 4.80. The molecule has 110 valence electrons. The summed E-state index contributed by atoms with van der Waals surface area (Å²) < 4.78 is 11.1. The molecule has 0 bridgehead atoms. The molecule has 1 atom stereocenters. The number of benzene rings is 1. The maximum absolute atomic E-state index is 12.3. The van der Waals surface area contributed by atoms with Gasteiger partial charge >= 0.3 is 0 Å². The molecule has 1 saturated heterocycles. The molecule has 1 amide bonds. The molecular weight excluding hydrogens is 256 g/mol. The molecule has 0 aliphatic carbocycles. The molecule has 1 aromatic carbocycles. The van der Waals surface area contributed by atoms with Gasteiger partial charge in [0.1, 0.15) is 11.9 Å². The zero-order valence-corrected chi connectivity index (χ0v) is 12.1. The zero-order chi connectivity index (χ0) is 14.4. The van der Waals surface area contributed by atoms with E-state index < -0.39 is 0 Å². The number of likely N-dealkylation sites (N-methyl/N-ethyl adjacent to an activating group) is 1. The highest BCUT2D eigenvalue weighted by atomic mass is 16.5. The summed E-state index contributed by atoms with van der Waals surface area (Å²) >= 11 is 0. The van der Waals surface area contributed by atoms with Crippen LogP contribution in [0.2, 0.25) is 0 Å². The van der Waals surface area contributed by atoms with Crippen LogP contribution in [0.1, 0.15) is 12.5 Å². The van der Waals surface area contributed by atoms with Gasteiger partial charge in [-0.2, -0.15) is 0 Å². The molecule has 2 rings (SSSR count). The normalized spacial score (nSPS) is 18.6. The number of morpholine rings is 1. The van der Waals surface area contributed by atoms with Crippen molar-refractivity contribution in [2.75, 3.05) is 33.4 Å². The van der Waals surface area contributed by atoms with Gasteiger partial charge in [0.05, 0.1) is 13.2 Å². The van der Waals surface area contributed by atoms with E-state index in [1.165, 1.54) is 0 Å². The third kappa shape index (κ3) is 3.71. The predicted molar refractivity (Wildman–Crippen MR) is 76.7 cm³/mol. The number of nitrogens with one attached hydrogen (secondary N) is 1. The number of para-hydroxylation sites is 1. The predicted octanol–water partition coefficient (Wildman–Crippen LogP) is 1.03. The molecule has 1 heterocycles. The Morgan fingerprint density at radius 2 is 2.30 bits per heavy atom. The maximum atomic E-state index is 12.3. The van der Waals surface area contributed by atoms with Crippen LogP contribution < -0.4 is 10.1 Å². The minimum atomic E-state index is -0.381. The van der Waals surface area contributed by atoms with Gasteiger partial charge in [0.2, 0.25) is 0 Å². The summed E-state index contributed by atoms with van der Waals surface area (Å²) in [5.41, 5.74) is 1.01. The van der Waals surface area contributed by atoms with Gasteiger partial charge in [0.25, 0.3) is 5.91 Å². The molecule has 1 N–H and O–H groups in total. The van der Waals surface area contributed by atoms with Crippen LogP contribution in [-0.4, -0.2) is 50.3 Å². The highest BCUT2D eigenvalue weighted by molar-refractivity contribution is 5.81. The highest BCUT2D eigenvalue weighted by Gasteiger charge is 2.25. The van der Waals surface area contributed by atoms with Crippen molar-refractivity contribution in [2.45, 2.75) is 19.6 Å². The molecule has 0 spiro atoms. The average molecular weight is 278 g/mol. The van der Waals surface area contributed by atoms with Gasteiger partial charge in [-0.25, -0.2) is 0 Å². The van der Waals surface area contributed by atoms with Crippen LogP contribution in [-0.2, 0) is 16.1 Å². The molecule has 1 aliphatic heterocycles. The summed E-state index contributed by atoms with van der Waals surface area (Å²) in [5, 5.41) is 3.17. The maximum Gasteiger partial charge on any atom is 0.253 e. The summed E-state index contributed by atoms with van der Waals surface area (Å²) in [5.74, 6) is 0.834. The van der Waals surface area contributed by atoms with Crippen molar-refractivity contribution in [3.63, 3.8) is 0 Å². The molecule has 5 heteroatoms. The monoisotopic (exact) mass is 278 g/mol. The van der Waals surface area contributed by atoms with Gasteiger partial charge in [0, 0.05) is 32.2 Å². The van der Waals surface area contributed by atoms with E-state index in [9.17, 15) is 4.79 Å². The van der Waals surface area contributed by atoms with Crippen molar-refractivity contribution < 1.29 is 14.3 Å². The van der Waals surface area contributed by atoms with E-state index in [2.05, 4.69) is 5.32 Å². The van der Waals surface area contributed by atoms with Crippen LogP contribution in [0.3, 0.4) is 0 Å². The Balaban J connectivity index is 1.99. The largest absolute Gasteiger partial charge is 0.494 e. The number of carbonyl (C=O) groups is 1. The SMILES string of the molecule is CCOc1ccccc1CN(C)C(=O)[C@H]1CNCCO1. The van der Waals surface area contributed by atoms with Crippen molar-refractivity contribution in [1.82, 2.24) is 10.2 Å². The van der Waals surface area contributed by atoms with E-state index in [0.29, 0.717) is 26.3 Å². The standard InChI is InChI=1S/C15H22N2O3/c1-3-19-13-7-5-4-6-12(13)11-17(2)15(18)14-10-16-8-9-20-14/h4-7,14,16H,3,8-11H2,1-2H3/t14-/m1/s1. The van der Waals surface area contributed by atoms with Gasteiger partial charge in [0.15, 0.2) is 0 Å².